The number of carbonyl (C=O) groups excluding carboxylic acids is 1. The van der Waals surface area contributed by atoms with E-state index in [1.54, 1.807) is 0 Å². The van der Waals surface area contributed by atoms with E-state index in [0.717, 1.165) is 20.8 Å². The van der Waals surface area contributed by atoms with Gasteiger partial charge in [0.05, 0.1) is 17.3 Å². The molecule has 114 valence electrons. The number of carbonyl (C=O) groups is 1. The van der Waals surface area contributed by atoms with Crippen molar-refractivity contribution in [2.24, 2.45) is 5.73 Å². The van der Waals surface area contributed by atoms with Crippen LogP contribution in [-0.4, -0.2) is 51.8 Å². The standard InChI is InChI=1S/C8H17NO7S3/c1-4-17(11,12)8(7(9)10,18(13,14)5-2)19(15,16)6-3/h4-6H2,1-3H3,(H2,9,10). The summed E-state index contributed by atoms with van der Waals surface area (Å²) in [7, 11) is -14.4. The van der Waals surface area contributed by atoms with Gasteiger partial charge in [-0.25, -0.2) is 25.3 Å². The molecule has 11 heteroatoms. The van der Waals surface area contributed by atoms with E-state index in [2.05, 4.69) is 0 Å². The first-order chi connectivity index (χ1) is 8.38. The average molecular weight is 335 g/mol. The van der Waals surface area contributed by atoms with Crippen molar-refractivity contribution in [1.29, 1.82) is 0 Å². The summed E-state index contributed by atoms with van der Waals surface area (Å²) < 4.78 is 68.5. The molecule has 0 spiro atoms. The summed E-state index contributed by atoms with van der Waals surface area (Å²) >= 11 is 0. The smallest absolute Gasteiger partial charge is 0.347 e. The Morgan fingerprint density at radius 3 is 1.11 bits per heavy atom. The van der Waals surface area contributed by atoms with Gasteiger partial charge in [0.25, 0.3) is 5.91 Å². The molecule has 2 N–H and O–H groups in total. The van der Waals surface area contributed by atoms with Crippen molar-refractivity contribution in [2.45, 2.75) is 24.2 Å². The molecule has 0 heterocycles. The summed E-state index contributed by atoms with van der Waals surface area (Å²) in [5.41, 5.74) is 4.88. The SMILES string of the molecule is CCS(=O)(=O)C(C(N)=O)(S(=O)(=O)CC)S(=O)(=O)CC. The lowest BCUT2D eigenvalue weighted by atomic mass is 10.7. The summed E-state index contributed by atoms with van der Waals surface area (Å²) in [5.74, 6) is -4.42. The third-order valence-electron chi connectivity index (χ3n) is 2.67. The van der Waals surface area contributed by atoms with Crippen molar-refractivity contribution in [3.8, 4) is 0 Å². The minimum absolute atomic E-state index is 0.839. The fourth-order valence-corrected chi connectivity index (χ4v) is 10.4. The van der Waals surface area contributed by atoms with Gasteiger partial charge in [-0.1, -0.05) is 20.8 Å². The van der Waals surface area contributed by atoms with Crippen LogP contribution in [0.25, 0.3) is 0 Å². The molecule has 0 aliphatic rings. The van der Waals surface area contributed by atoms with Gasteiger partial charge in [-0.2, -0.15) is 0 Å². The highest BCUT2D eigenvalue weighted by molar-refractivity contribution is 8.27. The Bertz CT molecular complexity index is 574. The normalized spacial score (nSPS) is 14.3. The predicted octanol–water partition coefficient (Wildman–Crippen LogP) is -1.57. The molecule has 19 heavy (non-hydrogen) atoms. The Hall–Kier alpha value is -0.680. The van der Waals surface area contributed by atoms with E-state index in [0.29, 0.717) is 0 Å². The van der Waals surface area contributed by atoms with Gasteiger partial charge in [0.15, 0.2) is 29.5 Å². The largest absolute Gasteiger partial charge is 0.366 e. The average Bonchev–Trinajstić information content (AvgIpc) is 2.28. The highest BCUT2D eigenvalue weighted by Gasteiger charge is 2.67. The third-order valence-corrected chi connectivity index (χ3v) is 12.6. The number of amides is 1. The number of rotatable bonds is 7. The molecule has 0 aromatic rings. The zero-order chi connectivity index (χ0) is 15.7. The molecular weight excluding hydrogens is 318 g/mol. The number of hydrogen-bond donors (Lipinski definition) is 1. The molecule has 0 rings (SSSR count). The van der Waals surface area contributed by atoms with E-state index in [1.165, 1.54) is 0 Å². The van der Waals surface area contributed by atoms with Crippen molar-refractivity contribution >= 4 is 35.4 Å². The summed E-state index contributed by atoms with van der Waals surface area (Å²) in [6.07, 6.45) is 0. The topological polar surface area (TPSA) is 146 Å². The lowest BCUT2D eigenvalue weighted by Crippen LogP contribution is -2.62. The van der Waals surface area contributed by atoms with Crippen LogP contribution in [0.1, 0.15) is 20.8 Å². The van der Waals surface area contributed by atoms with Gasteiger partial charge in [-0.15, -0.1) is 0 Å². The summed E-state index contributed by atoms with van der Waals surface area (Å²) in [6.45, 7) is 3.14. The van der Waals surface area contributed by atoms with Crippen LogP contribution >= 0.6 is 0 Å². The Morgan fingerprint density at radius 2 is 1.00 bits per heavy atom. The van der Waals surface area contributed by atoms with Crippen LogP contribution in [0.5, 0.6) is 0 Å². The van der Waals surface area contributed by atoms with Crippen LogP contribution in [0.4, 0.5) is 0 Å². The molecule has 0 bridgehead atoms. The lowest BCUT2D eigenvalue weighted by molar-refractivity contribution is -0.117. The molecular formula is C8H17NO7S3. The minimum Gasteiger partial charge on any atom is -0.366 e. The molecule has 8 nitrogen and oxygen atoms in total. The van der Waals surface area contributed by atoms with Crippen molar-refractivity contribution in [3.05, 3.63) is 0 Å². The molecule has 0 aliphatic heterocycles. The monoisotopic (exact) mass is 335 g/mol. The first-order valence-corrected chi connectivity index (χ1v) is 10.3. The van der Waals surface area contributed by atoms with Crippen molar-refractivity contribution < 1.29 is 30.0 Å². The van der Waals surface area contributed by atoms with E-state index in [9.17, 15) is 30.0 Å². The second-order valence-corrected chi connectivity index (χ2v) is 11.7. The summed E-state index contributed by atoms with van der Waals surface area (Å²) in [5, 5.41) is 0. The molecule has 0 aromatic heterocycles. The van der Waals surface area contributed by atoms with Crippen LogP contribution < -0.4 is 5.73 Å². The molecule has 0 aromatic carbocycles. The van der Waals surface area contributed by atoms with Crippen LogP contribution in [0, 0.1) is 0 Å². The van der Waals surface area contributed by atoms with E-state index in [4.69, 9.17) is 5.73 Å². The molecule has 0 unspecified atom stereocenters. The summed E-state index contributed by atoms with van der Waals surface area (Å²) in [4.78, 5) is 11.5. The van der Waals surface area contributed by atoms with E-state index in [-0.39, 0.29) is 0 Å². The Morgan fingerprint density at radius 1 is 0.789 bits per heavy atom. The maximum atomic E-state index is 12.0. The highest BCUT2D eigenvalue weighted by Crippen LogP contribution is 2.33. The van der Waals surface area contributed by atoms with E-state index >= 15 is 0 Å². The molecule has 0 fully saturated rings. The van der Waals surface area contributed by atoms with Gasteiger partial charge in [0, 0.05) is 0 Å². The van der Waals surface area contributed by atoms with Gasteiger partial charge in [-0.05, 0) is 0 Å². The first-order valence-electron chi connectivity index (χ1n) is 5.34. The van der Waals surface area contributed by atoms with E-state index in [1.807, 2.05) is 0 Å². The fourth-order valence-electron chi connectivity index (χ4n) is 1.61. The Balaban J connectivity index is 7.12. The van der Waals surface area contributed by atoms with Gasteiger partial charge in [0.2, 0.25) is 0 Å². The fraction of sp³-hybridized carbons (Fsp3) is 0.875. The third kappa shape index (κ3) is 2.38. The number of hydrogen-bond acceptors (Lipinski definition) is 7. The Labute approximate surface area is 113 Å². The Kier molecular flexibility index (Phi) is 5.17. The number of primary amides is 1. The van der Waals surface area contributed by atoms with Crippen molar-refractivity contribution in [3.63, 3.8) is 0 Å². The van der Waals surface area contributed by atoms with E-state index < -0.39 is 56.1 Å². The second kappa shape index (κ2) is 5.37. The van der Waals surface area contributed by atoms with Crippen molar-refractivity contribution in [2.75, 3.05) is 17.3 Å². The van der Waals surface area contributed by atoms with Crippen molar-refractivity contribution in [1.82, 2.24) is 0 Å². The zero-order valence-corrected chi connectivity index (χ0v) is 13.2. The van der Waals surface area contributed by atoms with Crippen LogP contribution in [0.15, 0.2) is 0 Å². The van der Waals surface area contributed by atoms with Gasteiger partial charge in [-0.3, -0.25) is 4.79 Å². The molecule has 0 radical (unpaired) electrons. The second-order valence-electron chi connectivity index (χ2n) is 3.63. The van der Waals surface area contributed by atoms with Gasteiger partial charge < -0.3 is 5.73 Å². The minimum atomic E-state index is -4.81. The molecule has 1 amide bonds. The highest BCUT2D eigenvalue weighted by atomic mass is 32.3. The zero-order valence-electron chi connectivity index (χ0n) is 10.8. The molecule has 0 atom stereocenters. The predicted molar refractivity (Wildman–Crippen MR) is 70.3 cm³/mol. The van der Waals surface area contributed by atoms with Gasteiger partial charge >= 0.3 is 3.41 Å². The molecule has 0 aliphatic carbocycles. The molecule has 0 saturated heterocycles. The summed E-state index contributed by atoms with van der Waals surface area (Å²) in [6, 6.07) is 0. The maximum Gasteiger partial charge on any atom is 0.347 e. The van der Waals surface area contributed by atoms with Crippen LogP contribution in [0.3, 0.4) is 0 Å². The first kappa shape index (κ1) is 18.3. The van der Waals surface area contributed by atoms with Gasteiger partial charge in [0.1, 0.15) is 0 Å². The van der Waals surface area contributed by atoms with Crippen LogP contribution in [0.2, 0.25) is 0 Å². The number of nitrogens with two attached hydrogens (primary N) is 1. The molecule has 0 saturated carbocycles. The maximum absolute atomic E-state index is 12.0. The number of sulfone groups is 3. The lowest BCUT2D eigenvalue weighted by Gasteiger charge is -2.28. The van der Waals surface area contributed by atoms with Crippen LogP contribution in [-0.2, 0) is 34.3 Å². The quantitative estimate of drug-likeness (QED) is 0.591.